The van der Waals surface area contributed by atoms with E-state index in [4.69, 9.17) is 0 Å². The number of carbonyl (C=O) groups excluding carboxylic acids is 1. The van der Waals surface area contributed by atoms with E-state index in [1.54, 1.807) is 30.1 Å². The second-order valence-corrected chi connectivity index (χ2v) is 8.04. The second kappa shape index (κ2) is 7.13. The number of aromatic nitrogens is 2. The fourth-order valence-corrected chi connectivity index (χ4v) is 3.16. The van der Waals surface area contributed by atoms with Crippen LogP contribution in [0.1, 0.15) is 5.56 Å². The lowest BCUT2D eigenvalue weighted by Crippen LogP contribution is -2.27. The molecule has 1 heterocycles. The van der Waals surface area contributed by atoms with Crippen LogP contribution in [0.15, 0.2) is 71.9 Å². The van der Waals surface area contributed by atoms with E-state index in [-0.39, 0.29) is 17.2 Å². The first-order valence-corrected chi connectivity index (χ1v) is 9.89. The number of anilines is 1. The third-order valence-corrected chi connectivity index (χ3v) is 5.17. The van der Waals surface area contributed by atoms with Crippen LogP contribution in [-0.4, -0.2) is 37.4 Å². The van der Waals surface area contributed by atoms with Crippen molar-refractivity contribution < 1.29 is 13.2 Å². The monoisotopic (exact) mass is 369 g/mol. The Bertz CT molecular complexity index is 1010. The van der Waals surface area contributed by atoms with Crippen molar-refractivity contribution in [3.63, 3.8) is 0 Å². The molecule has 0 aliphatic heterocycles. The third kappa shape index (κ3) is 4.00. The Morgan fingerprint density at radius 3 is 2.35 bits per heavy atom. The Balaban J connectivity index is 1.71. The number of nitrogens with zero attached hydrogens (tertiary/aromatic N) is 3. The molecule has 0 aliphatic carbocycles. The van der Waals surface area contributed by atoms with Crippen LogP contribution < -0.4 is 4.90 Å². The molecule has 0 bridgehead atoms. The third-order valence-electron chi connectivity index (χ3n) is 4.04. The van der Waals surface area contributed by atoms with Crippen molar-refractivity contribution in [2.45, 2.75) is 11.3 Å². The lowest BCUT2D eigenvalue weighted by molar-refractivity contribution is -0.117. The molecule has 0 N–H and O–H groups in total. The van der Waals surface area contributed by atoms with Crippen LogP contribution in [0.3, 0.4) is 0 Å². The lowest BCUT2D eigenvalue weighted by atomic mass is 10.2. The predicted molar refractivity (Wildman–Crippen MR) is 100 cm³/mol. The van der Waals surface area contributed by atoms with Gasteiger partial charge in [0.05, 0.1) is 23.2 Å². The summed E-state index contributed by atoms with van der Waals surface area (Å²) in [6.07, 6.45) is 4.86. The highest BCUT2D eigenvalue weighted by Crippen LogP contribution is 2.18. The van der Waals surface area contributed by atoms with Gasteiger partial charge in [0.15, 0.2) is 9.84 Å². The Morgan fingerprint density at radius 2 is 1.73 bits per heavy atom. The quantitative estimate of drug-likeness (QED) is 0.693. The number of hydrogen-bond donors (Lipinski definition) is 0. The van der Waals surface area contributed by atoms with Gasteiger partial charge in [-0.05, 0) is 42.0 Å². The maximum atomic E-state index is 12.5. The van der Waals surface area contributed by atoms with Gasteiger partial charge < -0.3 is 4.90 Å². The number of benzene rings is 2. The summed E-state index contributed by atoms with van der Waals surface area (Å²) in [6, 6.07) is 15.9. The molecule has 6 nitrogen and oxygen atoms in total. The number of sulfone groups is 1. The number of carbonyl (C=O) groups is 1. The Kier molecular flexibility index (Phi) is 4.90. The molecule has 0 spiro atoms. The van der Waals surface area contributed by atoms with E-state index < -0.39 is 9.84 Å². The minimum absolute atomic E-state index is 0.107. The Morgan fingerprint density at radius 1 is 1.08 bits per heavy atom. The topological polar surface area (TPSA) is 72.3 Å². The summed E-state index contributed by atoms with van der Waals surface area (Å²) in [6.45, 7) is 0. The van der Waals surface area contributed by atoms with Crippen LogP contribution in [-0.2, 0) is 21.1 Å². The molecule has 0 saturated carbocycles. The molecule has 2 aromatic carbocycles. The summed E-state index contributed by atoms with van der Waals surface area (Å²) in [4.78, 5) is 14.2. The van der Waals surface area contributed by atoms with Gasteiger partial charge in [0.25, 0.3) is 0 Å². The van der Waals surface area contributed by atoms with E-state index in [9.17, 15) is 13.2 Å². The number of rotatable bonds is 5. The van der Waals surface area contributed by atoms with Crippen molar-refractivity contribution in [2.24, 2.45) is 0 Å². The van der Waals surface area contributed by atoms with Crippen molar-refractivity contribution in [2.75, 3.05) is 18.2 Å². The van der Waals surface area contributed by atoms with E-state index in [0.717, 1.165) is 17.5 Å². The summed E-state index contributed by atoms with van der Waals surface area (Å²) in [5.41, 5.74) is 2.37. The maximum absolute atomic E-state index is 12.5. The lowest BCUT2D eigenvalue weighted by Gasteiger charge is -2.17. The van der Waals surface area contributed by atoms with Crippen LogP contribution in [0.25, 0.3) is 5.69 Å². The minimum Gasteiger partial charge on any atom is -0.315 e. The smallest absolute Gasteiger partial charge is 0.231 e. The standard InChI is InChI=1S/C19H19N3O3S/c1-21(16-8-10-18(11-9-16)26(2,24)25)19(23)12-15-13-20-22(14-15)17-6-4-3-5-7-17/h3-11,13-14H,12H2,1-2H3. The fraction of sp³-hybridized carbons (Fsp3) is 0.158. The molecule has 0 unspecified atom stereocenters. The van der Waals surface area contributed by atoms with E-state index in [1.165, 1.54) is 17.0 Å². The van der Waals surface area contributed by atoms with Crippen LogP contribution in [0.2, 0.25) is 0 Å². The molecule has 3 rings (SSSR count). The van der Waals surface area contributed by atoms with E-state index in [2.05, 4.69) is 5.10 Å². The van der Waals surface area contributed by atoms with Crippen LogP contribution in [0, 0.1) is 0 Å². The predicted octanol–water partition coefficient (Wildman–Crippen LogP) is 2.48. The summed E-state index contributed by atoms with van der Waals surface area (Å²) in [5.74, 6) is -0.107. The van der Waals surface area contributed by atoms with Crippen molar-refractivity contribution >= 4 is 21.4 Å². The van der Waals surface area contributed by atoms with Gasteiger partial charge in [-0.15, -0.1) is 0 Å². The molecule has 1 amide bonds. The van der Waals surface area contributed by atoms with Gasteiger partial charge in [0.2, 0.25) is 5.91 Å². The SMILES string of the molecule is CN(C(=O)Cc1cnn(-c2ccccc2)c1)c1ccc(S(C)(=O)=O)cc1. The molecule has 1 aromatic heterocycles. The zero-order chi connectivity index (χ0) is 18.7. The second-order valence-electron chi connectivity index (χ2n) is 6.02. The molecule has 3 aromatic rings. The van der Waals surface area contributed by atoms with Gasteiger partial charge >= 0.3 is 0 Å². The fourth-order valence-electron chi connectivity index (χ4n) is 2.53. The number of amides is 1. The van der Waals surface area contributed by atoms with Gasteiger partial charge in [-0.1, -0.05) is 18.2 Å². The van der Waals surface area contributed by atoms with Crippen LogP contribution in [0.4, 0.5) is 5.69 Å². The molecule has 134 valence electrons. The summed E-state index contributed by atoms with van der Waals surface area (Å²) in [5, 5.41) is 4.29. The molecule has 0 radical (unpaired) electrons. The minimum atomic E-state index is -3.25. The molecule has 26 heavy (non-hydrogen) atoms. The van der Waals surface area contributed by atoms with Gasteiger partial charge in [-0.3, -0.25) is 4.79 Å². The summed E-state index contributed by atoms with van der Waals surface area (Å²) >= 11 is 0. The molecule has 0 saturated heterocycles. The molecule has 0 fully saturated rings. The average Bonchev–Trinajstić information content (AvgIpc) is 3.09. The van der Waals surface area contributed by atoms with E-state index in [1.807, 2.05) is 36.5 Å². The Hall–Kier alpha value is -2.93. The van der Waals surface area contributed by atoms with Crippen molar-refractivity contribution in [3.05, 3.63) is 72.6 Å². The highest BCUT2D eigenvalue weighted by Gasteiger charge is 2.14. The first-order valence-electron chi connectivity index (χ1n) is 8.00. The van der Waals surface area contributed by atoms with Gasteiger partial charge in [0, 0.05) is 25.2 Å². The highest BCUT2D eigenvalue weighted by atomic mass is 32.2. The number of para-hydroxylation sites is 1. The molecule has 0 atom stereocenters. The van der Waals surface area contributed by atoms with E-state index >= 15 is 0 Å². The Labute approximate surface area is 152 Å². The van der Waals surface area contributed by atoms with Gasteiger partial charge in [0.1, 0.15) is 0 Å². The average molecular weight is 369 g/mol. The maximum Gasteiger partial charge on any atom is 0.231 e. The first kappa shape index (κ1) is 17.9. The van der Waals surface area contributed by atoms with E-state index in [0.29, 0.717) is 5.69 Å². The zero-order valence-corrected chi connectivity index (χ0v) is 15.3. The highest BCUT2D eigenvalue weighted by molar-refractivity contribution is 7.90. The molecular weight excluding hydrogens is 350 g/mol. The van der Waals surface area contributed by atoms with Crippen molar-refractivity contribution in [3.8, 4) is 5.69 Å². The molecule has 0 aliphatic rings. The van der Waals surface area contributed by atoms with Crippen molar-refractivity contribution in [1.29, 1.82) is 0 Å². The van der Waals surface area contributed by atoms with Crippen LogP contribution in [0.5, 0.6) is 0 Å². The first-order chi connectivity index (χ1) is 12.3. The normalized spacial score (nSPS) is 11.3. The summed E-state index contributed by atoms with van der Waals surface area (Å²) < 4.78 is 24.8. The molecule has 7 heteroatoms. The van der Waals surface area contributed by atoms with Crippen molar-refractivity contribution in [1.82, 2.24) is 9.78 Å². The summed E-state index contributed by atoms with van der Waals surface area (Å²) in [7, 11) is -1.59. The number of likely N-dealkylation sites (N-methyl/N-ethyl adjacent to an activating group) is 1. The molecular formula is C19H19N3O3S. The van der Waals surface area contributed by atoms with Crippen LogP contribution >= 0.6 is 0 Å². The van der Waals surface area contributed by atoms with Gasteiger partial charge in [-0.2, -0.15) is 5.10 Å². The number of hydrogen-bond acceptors (Lipinski definition) is 4. The largest absolute Gasteiger partial charge is 0.315 e. The zero-order valence-electron chi connectivity index (χ0n) is 14.5. The van der Waals surface area contributed by atoms with Gasteiger partial charge in [-0.25, -0.2) is 13.1 Å².